The highest BCUT2D eigenvalue weighted by atomic mass is 19.1. The minimum Gasteiger partial charge on any atom is -0.428 e. The van der Waals surface area contributed by atoms with Crippen molar-refractivity contribution >= 4 is 17.5 Å². The van der Waals surface area contributed by atoms with Crippen LogP contribution in [0.3, 0.4) is 0 Å². The number of ether oxygens (including phenoxy) is 1. The SMILES string of the molecule is C=C1C(=O)C(F)=C2CC[C@H]3[C@@H]4CC[C@H](C(C)=O)[C@@]4(C)CC[C@@H]3[C@@]2(C)C1(O)OC(C)=O. The Balaban J connectivity index is 1.83. The maximum absolute atomic E-state index is 15.1. The first-order valence-corrected chi connectivity index (χ1v) is 10.9. The Labute approximate surface area is 176 Å². The number of Topliss-reactive ketones (excluding diaryl/α,β-unsaturated/α-hetero) is 2. The van der Waals surface area contributed by atoms with E-state index in [1.807, 2.05) is 0 Å². The van der Waals surface area contributed by atoms with Gasteiger partial charge in [0.2, 0.25) is 5.78 Å². The van der Waals surface area contributed by atoms with Crippen LogP contribution >= 0.6 is 0 Å². The highest BCUT2D eigenvalue weighted by Crippen LogP contribution is 2.69. The predicted octanol–water partition coefficient (Wildman–Crippen LogP) is 4.05. The second-order valence-electron chi connectivity index (χ2n) is 10.2. The van der Waals surface area contributed by atoms with Gasteiger partial charge in [-0.2, -0.15) is 0 Å². The van der Waals surface area contributed by atoms with Gasteiger partial charge in [0.15, 0.2) is 5.83 Å². The van der Waals surface area contributed by atoms with E-state index in [2.05, 4.69) is 13.5 Å². The van der Waals surface area contributed by atoms with Gasteiger partial charge in [0.1, 0.15) is 5.78 Å². The number of hydrogen-bond donors (Lipinski definition) is 1. The molecular weight excluding hydrogens is 387 g/mol. The first kappa shape index (κ1) is 21.4. The minimum atomic E-state index is -2.27. The molecule has 1 unspecified atom stereocenters. The molecule has 0 aromatic carbocycles. The van der Waals surface area contributed by atoms with Gasteiger partial charge in [0, 0.05) is 12.8 Å². The Kier molecular flexibility index (Phi) is 4.70. The molecule has 4 aliphatic rings. The first-order chi connectivity index (χ1) is 13.9. The zero-order valence-electron chi connectivity index (χ0n) is 18.2. The maximum Gasteiger partial charge on any atom is 0.305 e. The molecular formula is C24H31FO5. The third-order valence-corrected chi connectivity index (χ3v) is 9.17. The van der Waals surface area contributed by atoms with E-state index in [0.717, 1.165) is 19.3 Å². The van der Waals surface area contributed by atoms with E-state index in [0.29, 0.717) is 19.3 Å². The number of carbonyl (C=O) groups excluding carboxylic acids is 3. The summed E-state index contributed by atoms with van der Waals surface area (Å²) in [5.74, 6) is -4.35. The Morgan fingerprint density at radius 1 is 1.13 bits per heavy atom. The van der Waals surface area contributed by atoms with Crippen LogP contribution < -0.4 is 0 Å². The van der Waals surface area contributed by atoms with E-state index >= 15 is 4.39 Å². The van der Waals surface area contributed by atoms with Crippen molar-refractivity contribution in [3.63, 3.8) is 0 Å². The molecule has 0 aliphatic heterocycles. The van der Waals surface area contributed by atoms with E-state index in [-0.39, 0.29) is 40.4 Å². The highest BCUT2D eigenvalue weighted by molar-refractivity contribution is 6.09. The maximum atomic E-state index is 15.1. The van der Waals surface area contributed by atoms with Crippen LogP contribution in [0.2, 0.25) is 0 Å². The van der Waals surface area contributed by atoms with Gasteiger partial charge < -0.3 is 9.84 Å². The number of carbonyl (C=O) groups is 3. The standard InChI is InChI=1S/C24H31FO5/c1-12-21(28)20(25)19-7-6-15-17-9-8-16(13(2)26)22(17,4)11-10-18(15)23(19,5)24(12,29)30-14(3)27/h15-18,29H,1,6-11H2,2-5H3/t15-,16+,17-,18-,22+,23+,24?/m0/s1. The molecule has 3 fully saturated rings. The van der Waals surface area contributed by atoms with Crippen LogP contribution in [-0.2, 0) is 19.1 Å². The Morgan fingerprint density at radius 2 is 1.80 bits per heavy atom. The van der Waals surface area contributed by atoms with Crippen molar-refractivity contribution in [3.8, 4) is 0 Å². The molecule has 0 spiro atoms. The Hall–Kier alpha value is -1.82. The van der Waals surface area contributed by atoms with Crippen molar-refractivity contribution in [3.05, 3.63) is 23.6 Å². The molecule has 0 saturated heterocycles. The van der Waals surface area contributed by atoms with Gasteiger partial charge in [-0.05, 0) is 81.1 Å². The predicted molar refractivity (Wildman–Crippen MR) is 108 cm³/mol. The van der Waals surface area contributed by atoms with Crippen molar-refractivity contribution in [2.24, 2.45) is 34.5 Å². The monoisotopic (exact) mass is 418 g/mol. The molecule has 0 amide bonds. The average molecular weight is 419 g/mol. The van der Waals surface area contributed by atoms with E-state index in [9.17, 15) is 19.5 Å². The zero-order valence-corrected chi connectivity index (χ0v) is 18.2. The number of fused-ring (bicyclic) bond motifs is 5. The minimum absolute atomic E-state index is 0.0279. The lowest BCUT2D eigenvalue weighted by Gasteiger charge is -2.61. The molecule has 4 rings (SSSR count). The average Bonchev–Trinajstić information content (AvgIpc) is 3.02. The number of rotatable bonds is 2. The molecule has 164 valence electrons. The summed E-state index contributed by atoms with van der Waals surface area (Å²) in [5, 5.41) is 11.6. The van der Waals surface area contributed by atoms with Crippen molar-refractivity contribution in [2.75, 3.05) is 0 Å². The molecule has 1 N–H and O–H groups in total. The van der Waals surface area contributed by atoms with Crippen LogP contribution in [0.4, 0.5) is 4.39 Å². The molecule has 0 heterocycles. The first-order valence-electron chi connectivity index (χ1n) is 10.9. The summed E-state index contributed by atoms with van der Waals surface area (Å²) in [6, 6.07) is 0. The summed E-state index contributed by atoms with van der Waals surface area (Å²) in [4.78, 5) is 36.7. The van der Waals surface area contributed by atoms with Crippen molar-refractivity contribution in [1.29, 1.82) is 0 Å². The molecule has 5 nitrogen and oxygen atoms in total. The fraction of sp³-hybridized carbons (Fsp3) is 0.708. The number of aliphatic hydroxyl groups is 1. The van der Waals surface area contributed by atoms with Gasteiger partial charge in [0.25, 0.3) is 5.79 Å². The molecule has 0 aromatic heterocycles. The van der Waals surface area contributed by atoms with Crippen molar-refractivity contribution in [2.45, 2.75) is 72.0 Å². The van der Waals surface area contributed by atoms with Gasteiger partial charge in [-0.1, -0.05) is 13.5 Å². The van der Waals surface area contributed by atoms with E-state index in [1.54, 1.807) is 13.8 Å². The summed E-state index contributed by atoms with van der Waals surface area (Å²) in [7, 11) is 0. The van der Waals surface area contributed by atoms with Crippen molar-refractivity contribution < 1.29 is 28.6 Å². The fourth-order valence-electron chi connectivity index (χ4n) is 7.78. The lowest BCUT2D eigenvalue weighted by atomic mass is 9.45. The van der Waals surface area contributed by atoms with Crippen LogP contribution in [0.1, 0.15) is 66.2 Å². The highest BCUT2D eigenvalue weighted by Gasteiger charge is 2.69. The molecule has 3 saturated carbocycles. The van der Waals surface area contributed by atoms with E-state index in [1.165, 1.54) is 6.92 Å². The van der Waals surface area contributed by atoms with E-state index in [4.69, 9.17) is 4.74 Å². The van der Waals surface area contributed by atoms with Crippen LogP contribution in [-0.4, -0.2) is 28.4 Å². The third-order valence-electron chi connectivity index (χ3n) is 9.17. The topological polar surface area (TPSA) is 80.7 Å². The second-order valence-corrected chi connectivity index (χ2v) is 10.2. The second kappa shape index (κ2) is 6.59. The molecule has 0 bridgehead atoms. The summed E-state index contributed by atoms with van der Waals surface area (Å²) < 4.78 is 20.5. The largest absolute Gasteiger partial charge is 0.428 e. The van der Waals surface area contributed by atoms with Gasteiger partial charge in [-0.3, -0.25) is 14.4 Å². The van der Waals surface area contributed by atoms with Crippen LogP contribution in [0.15, 0.2) is 23.6 Å². The van der Waals surface area contributed by atoms with Crippen LogP contribution in [0.5, 0.6) is 0 Å². The Morgan fingerprint density at radius 3 is 2.40 bits per heavy atom. The number of esters is 1. The summed E-state index contributed by atoms with van der Waals surface area (Å²) in [6.45, 7) is 10.4. The summed E-state index contributed by atoms with van der Waals surface area (Å²) >= 11 is 0. The van der Waals surface area contributed by atoms with Gasteiger partial charge in [-0.15, -0.1) is 0 Å². The van der Waals surface area contributed by atoms with Crippen molar-refractivity contribution in [1.82, 2.24) is 0 Å². The molecule has 7 atom stereocenters. The zero-order chi connectivity index (χ0) is 22.2. The lowest BCUT2D eigenvalue weighted by molar-refractivity contribution is -0.255. The quantitative estimate of drug-likeness (QED) is 0.416. The number of halogens is 1. The molecule has 0 aromatic rings. The van der Waals surface area contributed by atoms with Gasteiger partial charge in [-0.25, -0.2) is 4.39 Å². The van der Waals surface area contributed by atoms with Gasteiger partial charge >= 0.3 is 5.97 Å². The Bertz CT molecular complexity index is 890. The normalized spacial score (nSPS) is 45.5. The third kappa shape index (κ3) is 2.46. The molecule has 30 heavy (non-hydrogen) atoms. The van der Waals surface area contributed by atoms with Gasteiger partial charge in [0.05, 0.1) is 11.0 Å². The molecule has 4 aliphatic carbocycles. The number of ketones is 2. The molecule has 6 heteroatoms. The van der Waals surface area contributed by atoms with Crippen LogP contribution in [0.25, 0.3) is 0 Å². The molecule has 0 radical (unpaired) electrons. The smallest absolute Gasteiger partial charge is 0.305 e. The lowest BCUT2D eigenvalue weighted by Crippen LogP contribution is -2.64. The summed E-state index contributed by atoms with van der Waals surface area (Å²) in [6.07, 6.45) is 4.25. The summed E-state index contributed by atoms with van der Waals surface area (Å²) in [5.41, 5.74) is -1.53. The fourth-order valence-corrected chi connectivity index (χ4v) is 7.78. The van der Waals surface area contributed by atoms with Crippen LogP contribution in [0, 0.1) is 34.5 Å². The van der Waals surface area contributed by atoms with E-state index < -0.39 is 34.4 Å². The number of hydrogen-bond acceptors (Lipinski definition) is 5.